The second-order valence-electron chi connectivity index (χ2n) is 6.61. The number of hydrogen-bond donors (Lipinski definition) is 2. The minimum absolute atomic E-state index is 0.116. The normalized spacial score (nSPS) is 14.0. The Hall–Kier alpha value is -3.29. The van der Waals surface area contributed by atoms with E-state index in [0.717, 1.165) is 30.3 Å². The van der Waals surface area contributed by atoms with Gasteiger partial charge in [-0.25, -0.2) is 9.78 Å². The minimum atomic E-state index is -0.434. The molecule has 0 unspecified atom stereocenters. The zero-order chi connectivity index (χ0) is 19.4. The van der Waals surface area contributed by atoms with E-state index < -0.39 is 5.91 Å². The summed E-state index contributed by atoms with van der Waals surface area (Å²) in [5.41, 5.74) is 7.51. The van der Waals surface area contributed by atoms with E-state index in [1.807, 2.05) is 37.2 Å². The van der Waals surface area contributed by atoms with Gasteiger partial charge in [0.15, 0.2) is 0 Å². The fourth-order valence-corrected chi connectivity index (χ4v) is 2.95. The van der Waals surface area contributed by atoms with Gasteiger partial charge in [-0.1, -0.05) is 0 Å². The number of nitrogens with zero attached hydrogens (tertiary/aromatic N) is 4. The summed E-state index contributed by atoms with van der Waals surface area (Å²) in [6.45, 7) is 2.69. The van der Waals surface area contributed by atoms with Crippen molar-refractivity contribution < 1.29 is 9.59 Å². The first-order valence-corrected chi connectivity index (χ1v) is 8.78. The molecule has 3 amide bonds. The van der Waals surface area contributed by atoms with E-state index in [9.17, 15) is 9.59 Å². The van der Waals surface area contributed by atoms with Gasteiger partial charge in [0.25, 0.3) is 0 Å². The Morgan fingerprint density at radius 2 is 1.74 bits per heavy atom. The lowest BCUT2D eigenvalue weighted by atomic mass is 10.1. The molecule has 3 rings (SSSR count). The highest BCUT2D eigenvalue weighted by Crippen LogP contribution is 2.19. The first kappa shape index (κ1) is 18.5. The number of anilines is 3. The van der Waals surface area contributed by atoms with Gasteiger partial charge in [-0.3, -0.25) is 4.79 Å². The molecular weight excluding hydrogens is 344 g/mol. The Balaban J connectivity index is 1.56. The third kappa shape index (κ3) is 4.46. The predicted molar refractivity (Wildman–Crippen MR) is 106 cm³/mol. The quantitative estimate of drug-likeness (QED) is 0.855. The van der Waals surface area contributed by atoms with Crippen LogP contribution in [0.1, 0.15) is 10.4 Å². The predicted octanol–water partition coefficient (Wildman–Crippen LogP) is 1.60. The van der Waals surface area contributed by atoms with E-state index >= 15 is 0 Å². The number of hydrogen-bond acceptors (Lipinski definition) is 5. The number of nitrogens with one attached hydrogen (secondary N) is 1. The van der Waals surface area contributed by atoms with Gasteiger partial charge in [0.2, 0.25) is 5.91 Å². The molecular formula is C19H24N6O2. The summed E-state index contributed by atoms with van der Waals surface area (Å²) < 4.78 is 0. The molecule has 2 heterocycles. The summed E-state index contributed by atoms with van der Waals surface area (Å²) >= 11 is 0. The number of carbonyl (C=O) groups excluding carboxylic acids is 2. The van der Waals surface area contributed by atoms with E-state index in [1.54, 1.807) is 29.3 Å². The number of rotatable bonds is 4. The second kappa shape index (κ2) is 7.94. The van der Waals surface area contributed by atoms with Crippen molar-refractivity contribution in [2.24, 2.45) is 5.73 Å². The Morgan fingerprint density at radius 1 is 1.07 bits per heavy atom. The number of carbonyl (C=O) groups is 2. The van der Waals surface area contributed by atoms with Crippen LogP contribution in [0.15, 0.2) is 42.6 Å². The van der Waals surface area contributed by atoms with Crippen LogP contribution in [0.4, 0.5) is 22.0 Å². The van der Waals surface area contributed by atoms with Crippen LogP contribution >= 0.6 is 0 Å². The van der Waals surface area contributed by atoms with Crippen LogP contribution in [0.3, 0.4) is 0 Å². The number of amides is 3. The fourth-order valence-electron chi connectivity index (χ4n) is 2.95. The largest absolute Gasteiger partial charge is 0.368 e. The summed E-state index contributed by atoms with van der Waals surface area (Å²) in [7, 11) is 3.81. The molecule has 0 radical (unpaired) electrons. The zero-order valence-corrected chi connectivity index (χ0v) is 15.6. The van der Waals surface area contributed by atoms with Gasteiger partial charge >= 0.3 is 6.03 Å². The Bertz CT molecular complexity index is 813. The number of nitrogens with two attached hydrogens (primary N) is 1. The van der Waals surface area contributed by atoms with Crippen molar-refractivity contribution in [2.75, 3.05) is 55.4 Å². The van der Waals surface area contributed by atoms with E-state index in [2.05, 4.69) is 15.2 Å². The minimum Gasteiger partial charge on any atom is -0.368 e. The molecule has 0 atom stereocenters. The van der Waals surface area contributed by atoms with Gasteiger partial charge in [-0.2, -0.15) is 0 Å². The molecule has 0 spiro atoms. The fraction of sp³-hybridized carbons (Fsp3) is 0.316. The number of primary amides is 1. The molecule has 2 aromatic rings. The molecule has 0 aliphatic carbocycles. The van der Waals surface area contributed by atoms with Crippen LogP contribution in [0.5, 0.6) is 0 Å². The molecule has 3 N–H and O–H groups in total. The second-order valence-corrected chi connectivity index (χ2v) is 6.61. The SMILES string of the molecule is CN(C)c1cc(NC(=O)N2CCN(c3ccc(C(N)=O)cc3)CC2)ccn1. The zero-order valence-electron chi connectivity index (χ0n) is 15.6. The van der Waals surface area contributed by atoms with Crippen molar-refractivity contribution in [1.29, 1.82) is 0 Å². The maximum atomic E-state index is 12.5. The van der Waals surface area contributed by atoms with E-state index in [1.165, 1.54) is 0 Å². The molecule has 1 fully saturated rings. The van der Waals surface area contributed by atoms with Crippen molar-refractivity contribution in [3.63, 3.8) is 0 Å². The molecule has 1 aromatic carbocycles. The first-order valence-electron chi connectivity index (χ1n) is 8.78. The standard InChI is InChI=1S/C19H24N6O2/c1-23(2)17-13-15(7-8-21-17)22-19(27)25-11-9-24(10-12-25)16-5-3-14(4-6-16)18(20)26/h3-8,13H,9-12H2,1-2H3,(H2,20,26)(H,21,22,27). The maximum absolute atomic E-state index is 12.5. The Kier molecular flexibility index (Phi) is 5.44. The van der Waals surface area contributed by atoms with Gasteiger partial charge in [-0.05, 0) is 30.3 Å². The average molecular weight is 368 g/mol. The molecule has 0 bridgehead atoms. The maximum Gasteiger partial charge on any atom is 0.321 e. The monoisotopic (exact) mass is 368 g/mol. The highest BCUT2D eigenvalue weighted by Gasteiger charge is 2.21. The molecule has 8 nitrogen and oxygen atoms in total. The lowest BCUT2D eigenvalue weighted by Gasteiger charge is -2.36. The molecule has 8 heteroatoms. The van der Waals surface area contributed by atoms with Crippen molar-refractivity contribution in [1.82, 2.24) is 9.88 Å². The molecule has 1 saturated heterocycles. The van der Waals surface area contributed by atoms with E-state index in [-0.39, 0.29) is 6.03 Å². The van der Waals surface area contributed by atoms with Gasteiger partial charge in [0.05, 0.1) is 0 Å². The third-order valence-corrected chi connectivity index (χ3v) is 4.54. The number of aromatic nitrogens is 1. The molecule has 142 valence electrons. The van der Waals surface area contributed by atoms with Crippen LogP contribution in [0, 0.1) is 0 Å². The molecule has 1 aliphatic heterocycles. The van der Waals surface area contributed by atoms with Crippen LogP contribution in [0.2, 0.25) is 0 Å². The number of benzene rings is 1. The van der Waals surface area contributed by atoms with Crippen molar-refractivity contribution in [2.45, 2.75) is 0 Å². The Morgan fingerprint density at radius 3 is 2.33 bits per heavy atom. The summed E-state index contributed by atoms with van der Waals surface area (Å²) in [6, 6.07) is 10.7. The van der Waals surface area contributed by atoms with Crippen LogP contribution in [0.25, 0.3) is 0 Å². The van der Waals surface area contributed by atoms with Crippen molar-refractivity contribution in [3.8, 4) is 0 Å². The molecule has 0 saturated carbocycles. The summed E-state index contributed by atoms with van der Waals surface area (Å²) in [5.74, 6) is 0.355. The van der Waals surface area contributed by atoms with Crippen LogP contribution in [-0.4, -0.2) is 62.1 Å². The third-order valence-electron chi connectivity index (χ3n) is 4.54. The number of piperazine rings is 1. The molecule has 1 aromatic heterocycles. The number of pyridine rings is 1. The van der Waals surface area contributed by atoms with Crippen molar-refractivity contribution in [3.05, 3.63) is 48.2 Å². The lowest BCUT2D eigenvalue weighted by molar-refractivity contribution is 0.1000. The molecule has 27 heavy (non-hydrogen) atoms. The summed E-state index contributed by atoms with van der Waals surface area (Å²) in [5, 5.41) is 2.93. The first-order chi connectivity index (χ1) is 12.9. The van der Waals surface area contributed by atoms with Crippen molar-refractivity contribution >= 4 is 29.1 Å². The Labute approximate surface area is 158 Å². The smallest absolute Gasteiger partial charge is 0.321 e. The molecule has 1 aliphatic rings. The highest BCUT2D eigenvalue weighted by molar-refractivity contribution is 5.93. The van der Waals surface area contributed by atoms with Crippen LogP contribution < -0.4 is 20.9 Å². The van der Waals surface area contributed by atoms with Crippen LogP contribution in [-0.2, 0) is 0 Å². The van der Waals surface area contributed by atoms with E-state index in [4.69, 9.17) is 5.73 Å². The lowest BCUT2D eigenvalue weighted by Crippen LogP contribution is -2.50. The average Bonchev–Trinajstić information content (AvgIpc) is 2.68. The van der Waals surface area contributed by atoms with Gasteiger partial charge < -0.3 is 25.8 Å². The van der Waals surface area contributed by atoms with Gasteiger partial charge in [-0.15, -0.1) is 0 Å². The van der Waals surface area contributed by atoms with Gasteiger partial charge in [0, 0.05) is 69.5 Å². The topological polar surface area (TPSA) is 94.8 Å². The summed E-state index contributed by atoms with van der Waals surface area (Å²) in [6.07, 6.45) is 1.68. The number of urea groups is 1. The van der Waals surface area contributed by atoms with E-state index in [0.29, 0.717) is 18.7 Å². The highest BCUT2D eigenvalue weighted by atomic mass is 16.2. The van der Waals surface area contributed by atoms with Gasteiger partial charge in [0.1, 0.15) is 5.82 Å². The summed E-state index contributed by atoms with van der Waals surface area (Å²) in [4.78, 5) is 33.8.